The Kier molecular flexibility index (Phi) is 6.07. The van der Waals surface area contributed by atoms with Crippen LogP contribution in [0.5, 0.6) is 0 Å². The Morgan fingerprint density at radius 2 is 1.21 bits per heavy atom. The summed E-state index contributed by atoms with van der Waals surface area (Å²) in [4.78, 5) is 10.8. The SMILES string of the molecule is c1ccc(-c2nc3oc4cc(-c5ccc6ccccc6c5)ccc4c3nc2C2CCc3cc4ccccc4cc3-c3ccccc32)cc1. The van der Waals surface area contributed by atoms with Crippen LogP contribution < -0.4 is 0 Å². The first-order valence-corrected chi connectivity index (χ1v) is 16.7. The van der Waals surface area contributed by atoms with Gasteiger partial charge < -0.3 is 4.42 Å². The summed E-state index contributed by atoms with van der Waals surface area (Å²) in [5.41, 5.74) is 12.6. The molecule has 7 aromatic carbocycles. The number of aryl methyl sites for hydroxylation is 1. The third-order valence-electron chi connectivity index (χ3n) is 10.1. The molecule has 3 nitrogen and oxygen atoms in total. The first-order chi connectivity index (χ1) is 23.8. The molecule has 9 aromatic rings. The van der Waals surface area contributed by atoms with Gasteiger partial charge in [0.2, 0.25) is 5.71 Å². The number of benzene rings is 7. The van der Waals surface area contributed by atoms with Crippen molar-refractivity contribution in [3.8, 4) is 33.5 Å². The third kappa shape index (κ3) is 4.35. The Morgan fingerprint density at radius 1 is 0.521 bits per heavy atom. The molecular weight excluding hydrogens is 585 g/mol. The fourth-order valence-electron chi connectivity index (χ4n) is 7.72. The van der Waals surface area contributed by atoms with E-state index in [1.54, 1.807) is 0 Å². The Hall–Kier alpha value is -6.06. The number of rotatable bonds is 3. The zero-order valence-corrected chi connectivity index (χ0v) is 26.2. The molecule has 48 heavy (non-hydrogen) atoms. The summed E-state index contributed by atoms with van der Waals surface area (Å²) in [5.74, 6) is 0.0608. The molecule has 1 atom stereocenters. The number of nitrogens with zero attached hydrogens (tertiary/aromatic N) is 2. The quantitative estimate of drug-likeness (QED) is 0.199. The van der Waals surface area contributed by atoms with E-state index >= 15 is 0 Å². The highest BCUT2D eigenvalue weighted by Gasteiger charge is 2.29. The molecule has 0 aliphatic heterocycles. The normalized spacial score (nSPS) is 14.3. The van der Waals surface area contributed by atoms with Gasteiger partial charge in [0.15, 0.2) is 0 Å². The van der Waals surface area contributed by atoms with Gasteiger partial charge in [-0.3, -0.25) is 0 Å². The van der Waals surface area contributed by atoms with Crippen LogP contribution in [0.1, 0.15) is 29.2 Å². The highest BCUT2D eigenvalue weighted by atomic mass is 16.3. The standard InChI is InChI=1S/C45H30N2O/c1-2-11-29(12-3-1)42-43(38-22-21-35-25-31-14-6-7-15-32(31)26-40(35)37-17-9-8-16-36(37)38)46-44-39-23-20-34(27-41(39)48-45(44)47-42)33-19-18-28-10-4-5-13-30(28)24-33/h1-20,23-27,38H,21-22H2. The fraction of sp³-hybridized carbons (Fsp3) is 0.0667. The smallest absolute Gasteiger partial charge is 0.246 e. The Balaban J connectivity index is 1.16. The second kappa shape index (κ2) is 10.8. The summed E-state index contributed by atoms with van der Waals surface area (Å²) < 4.78 is 6.52. The first kappa shape index (κ1) is 27.1. The van der Waals surface area contributed by atoms with E-state index in [9.17, 15) is 0 Å². The van der Waals surface area contributed by atoms with Crippen LogP contribution in [0.4, 0.5) is 0 Å². The molecule has 0 saturated heterocycles. The van der Waals surface area contributed by atoms with Crippen LogP contribution in [0.3, 0.4) is 0 Å². The van der Waals surface area contributed by atoms with Gasteiger partial charge in [-0.05, 0) is 92.0 Å². The highest BCUT2D eigenvalue weighted by Crippen LogP contribution is 2.45. The Labute approximate surface area is 278 Å². The number of aromatic nitrogens is 2. The number of furan rings is 1. The number of hydrogen-bond acceptors (Lipinski definition) is 3. The summed E-state index contributed by atoms with van der Waals surface area (Å²) in [7, 11) is 0. The molecule has 0 spiro atoms. The molecule has 0 saturated carbocycles. The fourth-order valence-corrected chi connectivity index (χ4v) is 7.72. The van der Waals surface area contributed by atoms with Gasteiger partial charge in [-0.2, -0.15) is 0 Å². The van der Waals surface area contributed by atoms with Crippen molar-refractivity contribution in [1.29, 1.82) is 0 Å². The zero-order chi connectivity index (χ0) is 31.6. The summed E-state index contributed by atoms with van der Waals surface area (Å²) in [6.07, 6.45) is 1.89. The minimum absolute atomic E-state index is 0.0608. The lowest BCUT2D eigenvalue weighted by molar-refractivity contribution is 0.649. The van der Waals surface area contributed by atoms with Gasteiger partial charge in [-0.25, -0.2) is 9.97 Å². The van der Waals surface area contributed by atoms with Crippen LogP contribution in [0.15, 0.2) is 156 Å². The van der Waals surface area contributed by atoms with E-state index in [0.29, 0.717) is 5.71 Å². The molecule has 226 valence electrons. The van der Waals surface area contributed by atoms with E-state index in [1.165, 1.54) is 43.8 Å². The van der Waals surface area contributed by atoms with E-state index in [2.05, 4.69) is 146 Å². The molecule has 3 heteroatoms. The van der Waals surface area contributed by atoms with E-state index in [1.807, 2.05) is 6.07 Å². The lowest BCUT2D eigenvalue weighted by Gasteiger charge is -2.20. The predicted molar refractivity (Wildman–Crippen MR) is 197 cm³/mol. The molecule has 0 amide bonds. The topological polar surface area (TPSA) is 38.9 Å². The van der Waals surface area contributed by atoms with Gasteiger partial charge in [0, 0.05) is 16.9 Å². The average molecular weight is 615 g/mol. The monoisotopic (exact) mass is 614 g/mol. The van der Waals surface area contributed by atoms with Crippen molar-refractivity contribution in [3.05, 3.63) is 168 Å². The van der Waals surface area contributed by atoms with Crippen LogP contribution >= 0.6 is 0 Å². The molecule has 1 aliphatic carbocycles. The second-order valence-corrected chi connectivity index (χ2v) is 12.9. The summed E-state index contributed by atoms with van der Waals surface area (Å²) in [5, 5.41) is 5.99. The molecule has 1 unspecified atom stereocenters. The summed E-state index contributed by atoms with van der Waals surface area (Å²) in [6.45, 7) is 0. The van der Waals surface area contributed by atoms with Crippen LogP contribution in [0, 0.1) is 0 Å². The second-order valence-electron chi connectivity index (χ2n) is 12.9. The number of hydrogen-bond donors (Lipinski definition) is 0. The minimum atomic E-state index is 0.0608. The largest absolute Gasteiger partial charge is 0.436 e. The van der Waals surface area contributed by atoms with Crippen molar-refractivity contribution in [3.63, 3.8) is 0 Å². The minimum Gasteiger partial charge on any atom is -0.436 e. The van der Waals surface area contributed by atoms with Crippen molar-refractivity contribution in [2.45, 2.75) is 18.8 Å². The third-order valence-corrected chi connectivity index (χ3v) is 10.1. The van der Waals surface area contributed by atoms with Crippen molar-refractivity contribution < 1.29 is 4.42 Å². The van der Waals surface area contributed by atoms with Gasteiger partial charge in [0.1, 0.15) is 11.1 Å². The average Bonchev–Trinajstić information content (AvgIpc) is 3.43. The predicted octanol–water partition coefficient (Wildman–Crippen LogP) is 11.8. The van der Waals surface area contributed by atoms with Gasteiger partial charge in [0.25, 0.3) is 0 Å². The Morgan fingerprint density at radius 3 is 2.06 bits per heavy atom. The molecule has 10 rings (SSSR count). The molecule has 0 radical (unpaired) electrons. The van der Waals surface area contributed by atoms with Crippen molar-refractivity contribution in [2.24, 2.45) is 0 Å². The van der Waals surface area contributed by atoms with E-state index in [0.717, 1.165) is 57.4 Å². The van der Waals surface area contributed by atoms with E-state index in [4.69, 9.17) is 14.4 Å². The Bertz CT molecular complexity index is 2690. The molecule has 0 N–H and O–H groups in total. The maximum atomic E-state index is 6.52. The zero-order valence-electron chi connectivity index (χ0n) is 26.2. The van der Waals surface area contributed by atoms with Crippen LogP contribution in [-0.4, -0.2) is 9.97 Å². The van der Waals surface area contributed by atoms with Gasteiger partial charge in [-0.1, -0.05) is 127 Å². The van der Waals surface area contributed by atoms with Gasteiger partial charge in [-0.15, -0.1) is 0 Å². The highest BCUT2D eigenvalue weighted by molar-refractivity contribution is 6.03. The molecule has 0 bridgehead atoms. The summed E-state index contributed by atoms with van der Waals surface area (Å²) in [6, 6.07) is 54.3. The maximum absolute atomic E-state index is 6.52. The van der Waals surface area contributed by atoms with Gasteiger partial charge >= 0.3 is 0 Å². The first-order valence-electron chi connectivity index (χ1n) is 16.7. The lowest BCUT2D eigenvalue weighted by Crippen LogP contribution is -2.08. The van der Waals surface area contributed by atoms with E-state index < -0.39 is 0 Å². The molecule has 2 heterocycles. The molecule has 1 aliphatic rings. The summed E-state index contributed by atoms with van der Waals surface area (Å²) >= 11 is 0. The van der Waals surface area contributed by atoms with Crippen LogP contribution in [-0.2, 0) is 6.42 Å². The number of fused-ring (bicyclic) bond motifs is 8. The van der Waals surface area contributed by atoms with Crippen molar-refractivity contribution >= 4 is 43.7 Å². The lowest BCUT2D eigenvalue weighted by atomic mass is 9.86. The van der Waals surface area contributed by atoms with Crippen LogP contribution in [0.2, 0.25) is 0 Å². The molecular formula is C45H30N2O. The van der Waals surface area contributed by atoms with Crippen molar-refractivity contribution in [2.75, 3.05) is 0 Å². The molecule has 2 aromatic heterocycles. The maximum Gasteiger partial charge on any atom is 0.246 e. The van der Waals surface area contributed by atoms with E-state index in [-0.39, 0.29) is 5.92 Å². The van der Waals surface area contributed by atoms with Crippen molar-refractivity contribution in [1.82, 2.24) is 9.97 Å². The van der Waals surface area contributed by atoms with Crippen LogP contribution in [0.25, 0.3) is 77.3 Å². The van der Waals surface area contributed by atoms with Gasteiger partial charge in [0.05, 0.1) is 11.4 Å². The molecule has 0 fully saturated rings.